The van der Waals surface area contributed by atoms with Gasteiger partial charge in [-0.1, -0.05) is 48.5 Å². The van der Waals surface area contributed by atoms with Crippen LogP contribution in [0.15, 0.2) is 72.8 Å². The van der Waals surface area contributed by atoms with E-state index in [4.69, 9.17) is 24.5 Å². The molecule has 0 aliphatic carbocycles. The van der Waals surface area contributed by atoms with Gasteiger partial charge in [0.1, 0.15) is 5.75 Å². The minimum atomic E-state index is -1.82. The standard InChI is InChI=1S/C23H22N2O3.C2H2O4/c26-22(17-28-21-11-10-18-6-4-5-9-20(18)16-21)24-12-14-25(15-13-24)23(27)19-7-2-1-3-8-19;3-1(4)2(5)6/h1-11,16H,12-15,17H2;(H,3,4)(H,5,6). The van der Waals surface area contributed by atoms with Gasteiger partial charge < -0.3 is 24.7 Å². The molecule has 4 rings (SSSR count). The summed E-state index contributed by atoms with van der Waals surface area (Å²) in [6.07, 6.45) is 0. The van der Waals surface area contributed by atoms with Crippen molar-refractivity contribution in [2.24, 2.45) is 0 Å². The van der Waals surface area contributed by atoms with E-state index in [-0.39, 0.29) is 18.4 Å². The SMILES string of the molecule is O=C(COc1ccc2ccccc2c1)N1CCN(C(=O)c2ccccc2)CC1.O=C(O)C(=O)O. The Morgan fingerprint density at radius 3 is 1.88 bits per heavy atom. The molecule has 0 atom stereocenters. The molecule has 0 spiro atoms. The molecule has 2 N–H and O–H groups in total. The number of carboxylic acid groups (broad SMARTS) is 2. The fourth-order valence-electron chi connectivity index (χ4n) is 3.42. The summed E-state index contributed by atoms with van der Waals surface area (Å²) in [7, 11) is 0. The van der Waals surface area contributed by atoms with E-state index in [0.29, 0.717) is 37.5 Å². The fraction of sp³-hybridized carbons (Fsp3) is 0.200. The minimum Gasteiger partial charge on any atom is -0.484 e. The van der Waals surface area contributed by atoms with Gasteiger partial charge in [0.15, 0.2) is 6.61 Å². The first kappa shape index (κ1) is 24.2. The zero-order valence-electron chi connectivity index (χ0n) is 18.3. The molecule has 176 valence electrons. The molecule has 1 saturated heterocycles. The Labute approximate surface area is 195 Å². The van der Waals surface area contributed by atoms with E-state index in [1.54, 1.807) is 9.80 Å². The van der Waals surface area contributed by atoms with Gasteiger partial charge in [-0.15, -0.1) is 0 Å². The Kier molecular flexibility index (Phi) is 8.17. The number of rotatable bonds is 4. The molecule has 0 radical (unpaired) electrons. The zero-order valence-corrected chi connectivity index (χ0v) is 18.3. The van der Waals surface area contributed by atoms with E-state index in [1.807, 2.05) is 72.8 Å². The normalized spacial score (nSPS) is 12.9. The smallest absolute Gasteiger partial charge is 0.414 e. The second-order valence-electron chi connectivity index (χ2n) is 7.45. The van der Waals surface area contributed by atoms with Gasteiger partial charge in [0, 0.05) is 31.7 Å². The molecule has 0 aromatic heterocycles. The van der Waals surface area contributed by atoms with E-state index in [9.17, 15) is 9.59 Å². The number of benzene rings is 3. The van der Waals surface area contributed by atoms with Crippen LogP contribution in [-0.2, 0) is 14.4 Å². The van der Waals surface area contributed by atoms with Crippen LogP contribution in [0.2, 0.25) is 0 Å². The lowest BCUT2D eigenvalue weighted by molar-refractivity contribution is -0.159. The average molecular weight is 464 g/mol. The van der Waals surface area contributed by atoms with Crippen LogP contribution in [0, 0.1) is 0 Å². The summed E-state index contributed by atoms with van der Waals surface area (Å²) in [5, 5.41) is 17.0. The quantitative estimate of drug-likeness (QED) is 0.568. The highest BCUT2D eigenvalue weighted by molar-refractivity contribution is 6.27. The molecule has 3 aromatic rings. The van der Waals surface area contributed by atoms with Gasteiger partial charge in [-0.2, -0.15) is 0 Å². The van der Waals surface area contributed by atoms with E-state index < -0.39 is 11.9 Å². The maximum absolute atomic E-state index is 12.5. The topological polar surface area (TPSA) is 124 Å². The Morgan fingerprint density at radius 2 is 1.26 bits per heavy atom. The van der Waals surface area contributed by atoms with E-state index >= 15 is 0 Å². The van der Waals surface area contributed by atoms with Crippen LogP contribution in [0.1, 0.15) is 10.4 Å². The molecule has 9 heteroatoms. The lowest BCUT2D eigenvalue weighted by atomic mass is 10.1. The molecule has 1 aliphatic heterocycles. The monoisotopic (exact) mass is 464 g/mol. The van der Waals surface area contributed by atoms with Crippen LogP contribution in [-0.4, -0.2) is 76.6 Å². The van der Waals surface area contributed by atoms with E-state index in [0.717, 1.165) is 10.8 Å². The Hall–Kier alpha value is -4.40. The fourth-order valence-corrected chi connectivity index (χ4v) is 3.42. The third-order valence-electron chi connectivity index (χ3n) is 5.21. The van der Waals surface area contributed by atoms with Gasteiger partial charge in [0.25, 0.3) is 11.8 Å². The first-order valence-electron chi connectivity index (χ1n) is 10.5. The predicted molar refractivity (Wildman–Crippen MR) is 124 cm³/mol. The highest BCUT2D eigenvalue weighted by Gasteiger charge is 2.25. The number of fused-ring (bicyclic) bond motifs is 1. The number of hydrogen-bond donors (Lipinski definition) is 2. The number of piperazine rings is 1. The Morgan fingerprint density at radius 1 is 0.706 bits per heavy atom. The van der Waals surface area contributed by atoms with Crippen LogP contribution < -0.4 is 4.74 Å². The number of carbonyl (C=O) groups excluding carboxylic acids is 2. The van der Waals surface area contributed by atoms with E-state index in [1.165, 1.54) is 0 Å². The highest BCUT2D eigenvalue weighted by Crippen LogP contribution is 2.20. The molecule has 0 bridgehead atoms. The van der Waals surface area contributed by atoms with Crippen molar-refractivity contribution in [1.29, 1.82) is 0 Å². The number of aliphatic carboxylic acids is 2. The molecular formula is C25H24N2O7. The molecule has 0 unspecified atom stereocenters. The summed E-state index contributed by atoms with van der Waals surface area (Å²) in [6, 6.07) is 23.1. The first-order valence-corrected chi connectivity index (χ1v) is 10.5. The molecule has 1 fully saturated rings. The van der Waals surface area contributed by atoms with Gasteiger partial charge in [-0.05, 0) is 35.0 Å². The van der Waals surface area contributed by atoms with Gasteiger partial charge in [0.05, 0.1) is 0 Å². The van der Waals surface area contributed by atoms with Gasteiger partial charge in [-0.3, -0.25) is 9.59 Å². The summed E-state index contributed by atoms with van der Waals surface area (Å²) in [6.45, 7) is 2.13. The lowest BCUT2D eigenvalue weighted by Gasteiger charge is -2.34. The summed E-state index contributed by atoms with van der Waals surface area (Å²) in [4.78, 5) is 46.7. The van der Waals surface area contributed by atoms with Crippen molar-refractivity contribution in [3.05, 3.63) is 78.4 Å². The largest absolute Gasteiger partial charge is 0.484 e. The van der Waals surface area contributed by atoms with Crippen molar-refractivity contribution < 1.29 is 34.1 Å². The number of carboxylic acids is 2. The summed E-state index contributed by atoms with van der Waals surface area (Å²) >= 11 is 0. The van der Waals surface area contributed by atoms with Crippen molar-refractivity contribution in [1.82, 2.24) is 9.80 Å². The van der Waals surface area contributed by atoms with Gasteiger partial charge >= 0.3 is 11.9 Å². The van der Waals surface area contributed by atoms with E-state index in [2.05, 4.69) is 0 Å². The number of ether oxygens (including phenoxy) is 1. The third-order valence-corrected chi connectivity index (χ3v) is 5.21. The van der Waals surface area contributed by atoms with Crippen molar-refractivity contribution in [3.63, 3.8) is 0 Å². The third kappa shape index (κ3) is 6.55. The van der Waals surface area contributed by atoms with Crippen LogP contribution in [0.4, 0.5) is 0 Å². The zero-order chi connectivity index (χ0) is 24.5. The van der Waals surface area contributed by atoms with Crippen molar-refractivity contribution in [2.75, 3.05) is 32.8 Å². The maximum atomic E-state index is 12.5. The number of amides is 2. The highest BCUT2D eigenvalue weighted by atomic mass is 16.5. The summed E-state index contributed by atoms with van der Waals surface area (Å²) in [5.74, 6) is -3.00. The molecule has 34 heavy (non-hydrogen) atoms. The van der Waals surface area contributed by atoms with Crippen LogP contribution >= 0.6 is 0 Å². The number of hydrogen-bond acceptors (Lipinski definition) is 5. The van der Waals surface area contributed by atoms with Crippen molar-refractivity contribution >= 4 is 34.5 Å². The second-order valence-corrected chi connectivity index (χ2v) is 7.45. The summed E-state index contributed by atoms with van der Waals surface area (Å²) in [5.41, 5.74) is 0.682. The predicted octanol–water partition coefficient (Wildman–Crippen LogP) is 2.36. The number of carbonyl (C=O) groups is 4. The average Bonchev–Trinajstić information content (AvgIpc) is 2.87. The second kappa shape index (κ2) is 11.5. The van der Waals surface area contributed by atoms with Crippen LogP contribution in [0.25, 0.3) is 10.8 Å². The van der Waals surface area contributed by atoms with Gasteiger partial charge in [-0.25, -0.2) is 9.59 Å². The first-order chi connectivity index (χ1) is 16.3. The molecule has 9 nitrogen and oxygen atoms in total. The molecule has 3 aromatic carbocycles. The Balaban J connectivity index is 0.000000481. The summed E-state index contributed by atoms with van der Waals surface area (Å²) < 4.78 is 5.70. The minimum absolute atomic E-state index is 0.00493. The van der Waals surface area contributed by atoms with Crippen LogP contribution in [0.3, 0.4) is 0 Å². The maximum Gasteiger partial charge on any atom is 0.414 e. The lowest BCUT2D eigenvalue weighted by Crippen LogP contribution is -2.51. The molecule has 1 heterocycles. The Bertz CT molecular complexity index is 1160. The molecule has 0 saturated carbocycles. The molecule has 2 amide bonds. The van der Waals surface area contributed by atoms with Crippen molar-refractivity contribution in [2.45, 2.75) is 0 Å². The van der Waals surface area contributed by atoms with Crippen LogP contribution in [0.5, 0.6) is 5.75 Å². The van der Waals surface area contributed by atoms with Gasteiger partial charge in [0.2, 0.25) is 0 Å². The molecule has 1 aliphatic rings. The number of nitrogens with zero attached hydrogens (tertiary/aromatic N) is 2. The molecular weight excluding hydrogens is 440 g/mol. The van der Waals surface area contributed by atoms with Crippen molar-refractivity contribution in [3.8, 4) is 5.75 Å².